The third kappa shape index (κ3) is 6.31. The number of hydrogen-bond donors (Lipinski definition) is 1. The van der Waals surface area contributed by atoms with Crippen LogP contribution in [0.3, 0.4) is 0 Å². The first-order chi connectivity index (χ1) is 14.0. The molecule has 1 fully saturated rings. The zero-order valence-corrected chi connectivity index (χ0v) is 20.6. The van der Waals surface area contributed by atoms with Crippen LogP contribution in [-0.2, 0) is 20.1 Å². The van der Waals surface area contributed by atoms with E-state index < -0.39 is 0 Å². The van der Waals surface area contributed by atoms with Crippen LogP contribution >= 0.6 is 24.0 Å². The minimum atomic E-state index is -0.159. The minimum absolute atomic E-state index is 0. The molecule has 0 spiro atoms. The molecule has 1 aliphatic rings. The van der Waals surface area contributed by atoms with Gasteiger partial charge >= 0.3 is 0 Å². The number of hydrogen-bond acceptors (Lipinski definition) is 4. The number of rotatable bonds is 6. The van der Waals surface area contributed by atoms with Gasteiger partial charge in [0.25, 0.3) is 0 Å². The highest BCUT2D eigenvalue weighted by molar-refractivity contribution is 14.0. The summed E-state index contributed by atoms with van der Waals surface area (Å²) in [6, 6.07) is 5.52. The van der Waals surface area contributed by atoms with Gasteiger partial charge in [-0.05, 0) is 24.2 Å². The van der Waals surface area contributed by atoms with Gasteiger partial charge in [-0.25, -0.2) is 4.39 Å². The molecule has 1 saturated heterocycles. The van der Waals surface area contributed by atoms with Crippen molar-refractivity contribution in [2.24, 2.45) is 12.0 Å². The molecule has 0 radical (unpaired) electrons. The van der Waals surface area contributed by atoms with Crippen molar-refractivity contribution in [3.63, 3.8) is 0 Å². The summed E-state index contributed by atoms with van der Waals surface area (Å²) in [5.74, 6) is 0.599. The van der Waals surface area contributed by atoms with E-state index in [0.29, 0.717) is 18.8 Å². The first-order valence-corrected chi connectivity index (χ1v) is 10.1. The van der Waals surface area contributed by atoms with Crippen molar-refractivity contribution in [2.45, 2.75) is 20.0 Å². The second-order valence-corrected chi connectivity index (χ2v) is 7.49. The van der Waals surface area contributed by atoms with Crippen molar-refractivity contribution in [2.75, 3.05) is 51.7 Å². The molecule has 0 aliphatic carbocycles. The average molecular weight is 529 g/mol. The summed E-state index contributed by atoms with van der Waals surface area (Å²) in [5, 5.41) is 7.51. The van der Waals surface area contributed by atoms with Crippen LogP contribution < -0.4 is 10.2 Å². The molecule has 1 aromatic carbocycles. The fraction of sp³-hybridized carbons (Fsp3) is 0.524. The summed E-state index contributed by atoms with van der Waals surface area (Å²) < 4.78 is 16.5. The SMILES string of the molecule is CCN1CCN(c2ccc(CNC(=NC)N(C)Cc3cnn(C)c3)cc2F)CC1.I. The lowest BCUT2D eigenvalue weighted by molar-refractivity contribution is 0.270. The van der Waals surface area contributed by atoms with Crippen LogP contribution in [0.2, 0.25) is 0 Å². The van der Waals surface area contributed by atoms with E-state index in [1.165, 1.54) is 0 Å². The Morgan fingerprint density at radius 3 is 2.53 bits per heavy atom. The van der Waals surface area contributed by atoms with Gasteiger partial charge in [0.2, 0.25) is 0 Å². The Balaban J connectivity index is 0.00000320. The third-order valence-electron chi connectivity index (χ3n) is 5.37. The van der Waals surface area contributed by atoms with Gasteiger partial charge in [-0.15, -0.1) is 24.0 Å². The van der Waals surface area contributed by atoms with Gasteiger partial charge < -0.3 is 20.0 Å². The van der Waals surface area contributed by atoms with Gasteiger partial charge in [0.05, 0.1) is 11.9 Å². The van der Waals surface area contributed by atoms with Crippen LogP contribution in [0, 0.1) is 5.82 Å². The quantitative estimate of drug-likeness (QED) is 0.354. The lowest BCUT2D eigenvalue weighted by Gasteiger charge is -2.35. The van der Waals surface area contributed by atoms with Gasteiger partial charge in [0, 0.05) is 72.2 Å². The number of nitrogens with zero attached hydrogens (tertiary/aromatic N) is 6. The Morgan fingerprint density at radius 2 is 1.97 bits per heavy atom. The van der Waals surface area contributed by atoms with Crippen molar-refractivity contribution in [1.82, 2.24) is 24.9 Å². The predicted octanol–water partition coefficient (Wildman–Crippen LogP) is 2.53. The number of anilines is 1. The van der Waals surface area contributed by atoms with Gasteiger partial charge in [0.1, 0.15) is 5.82 Å². The van der Waals surface area contributed by atoms with E-state index >= 15 is 0 Å². The average Bonchev–Trinajstić information content (AvgIpc) is 3.13. The summed E-state index contributed by atoms with van der Waals surface area (Å²) in [5.41, 5.74) is 2.70. The molecular formula is C21H33FIN7. The number of piperazine rings is 1. The monoisotopic (exact) mass is 529 g/mol. The number of aryl methyl sites for hydroxylation is 1. The highest BCUT2D eigenvalue weighted by Gasteiger charge is 2.18. The highest BCUT2D eigenvalue weighted by Crippen LogP contribution is 2.22. The Kier molecular flexibility index (Phi) is 9.35. The van der Waals surface area contributed by atoms with Crippen LogP contribution in [0.5, 0.6) is 0 Å². The smallest absolute Gasteiger partial charge is 0.193 e. The van der Waals surface area contributed by atoms with Crippen molar-refractivity contribution in [3.05, 3.63) is 47.5 Å². The second kappa shape index (κ2) is 11.5. The lowest BCUT2D eigenvalue weighted by Crippen LogP contribution is -2.46. The molecule has 1 aliphatic heterocycles. The van der Waals surface area contributed by atoms with E-state index in [-0.39, 0.29) is 29.8 Å². The Morgan fingerprint density at radius 1 is 1.23 bits per heavy atom. The zero-order valence-electron chi connectivity index (χ0n) is 18.3. The van der Waals surface area contributed by atoms with E-state index in [1.807, 2.05) is 43.5 Å². The molecule has 0 saturated carbocycles. The van der Waals surface area contributed by atoms with Crippen LogP contribution in [-0.4, -0.2) is 72.4 Å². The number of likely N-dealkylation sites (N-methyl/N-ethyl adjacent to an activating group) is 1. The first-order valence-electron chi connectivity index (χ1n) is 10.1. The number of nitrogens with one attached hydrogen (secondary N) is 1. The minimum Gasteiger partial charge on any atom is -0.367 e. The molecule has 30 heavy (non-hydrogen) atoms. The summed E-state index contributed by atoms with van der Waals surface area (Å²) in [6.07, 6.45) is 3.83. The number of guanidine groups is 1. The summed E-state index contributed by atoms with van der Waals surface area (Å²) in [6.45, 7) is 8.15. The van der Waals surface area contributed by atoms with Gasteiger partial charge in [0.15, 0.2) is 5.96 Å². The van der Waals surface area contributed by atoms with Crippen LogP contribution in [0.4, 0.5) is 10.1 Å². The second-order valence-electron chi connectivity index (χ2n) is 7.49. The summed E-state index contributed by atoms with van der Waals surface area (Å²) in [7, 11) is 5.63. The topological polar surface area (TPSA) is 51.9 Å². The van der Waals surface area contributed by atoms with Crippen LogP contribution in [0.25, 0.3) is 0 Å². The maximum Gasteiger partial charge on any atom is 0.193 e. The molecule has 0 amide bonds. The van der Waals surface area contributed by atoms with E-state index in [9.17, 15) is 4.39 Å². The molecule has 1 aromatic heterocycles. The zero-order chi connectivity index (χ0) is 20.8. The molecule has 1 N–H and O–H groups in total. The normalized spacial score (nSPS) is 15.1. The molecule has 0 atom stereocenters. The molecule has 0 unspecified atom stereocenters. The Hall–Kier alpha value is -1.88. The molecule has 166 valence electrons. The molecule has 0 bridgehead atoms. The largest absolute Gasteiger partial charge is 0.367 e. The van der Waals surface area contributed by atoms with E-state index in [1.54, 1.807) is 17.8 Å². The number of aliphatic imine (C=N–C) groups is 1. The number of halogens is 2. The molecule has 2 heterocycles. The van der Waals surface area contributed by atoms with E-state index in [2.05, 4.69) is 32.1 Å². The van der Waals surface area contributed by atoms with E-state index in [0.717, 1.165) is 49.8 Å². The van der Waals surface area contributed by atoms with Crippen LogP contribution in [0.1, 0.15) is 18.1 Å². The van der Waals surface area contributed by atoms with Crippen molar-refractivity contribution >= 4 is 35.6 Å². The van der Waals surface area contributed by atoms with Crippen molar-refractivity contribution < 1.29 is 4.39 Å². The number of benzene rings is 1. The van der Waals surface area contributed by atoms with Gasteiger partial charge in [-0.2, -0.15) is 5.10 Å². The maximum absolute atomic E-state index is 14.7. The number of aromatic nitrogens is 2. The van der Waals surface area contributed by atoms with Crippen molar-refractivity contribution in [1.29, 1.82) is 0 Å². The Bertz CT molecular complexity index is 831. The fourth-order valence-corrected chi connectivity index (χ4v) is 3.69. The Labute approximate surface area is 196 Å². The van der Waals surface area contributed by atoms with Gasteiger partial charge in [-0.1, -0.05) is 13.0 Å². The van der Waals surface area contributed by atoms with Crippen molar-refractivity contribution in [3.8, 4) is 0 Å². The summed E-state index contributed by atoms with van der Waals surface area (Å²) >= 11 is 0. The standard InChI is InChI=1S/C21H32FN7.HI/c1-5-28-8-10-29(11-9-28)20-7-6-17(12-19(20)22)13-24-21(23-2)26(3)15-18-14-25-27(4)16-18;/h6-7,12,14,16H,5,8-11,13,15H2,1-4H3,(H,23,24);1H. The fourth-order valence-electron chi connectivity index (χ4n) is 3.69. The molecule has 7 nitrogen and oxygen atoms in total. The van der Waals surface area contributed by atoms with Gasteiger partial charge in [-0.3, -0.25) is 9.67 Å². The molecule has 2 aromatic rings. The molecular weight excluding hydrogens is 496 g/mol. The van der Waals surface area contributed by atoms with Crippen LogP contribution in [0.15, 0.2) is 35.6 Å². The van der Waals surface area contributed by atoms with E-state index in [4.69, 9.17) is 0 Å². The highest BCUT2D eigenvalue weighted by atomic mass is 127. The molecule has 3 rings (SSSR count). The molecule has 9 heteroatoms. The first kappa shape index (κ1) is 24.4. The maximum atomic E-state index is 14.7. The predicted molar refractivity (Wildman–Crippen MR) is 131 cm³/mol. The summed E-state index contributed by atoms with van der Waals surface area (Å²) in [4.78, 5) is 10.9. The lowest BCUT2D eigenvalue weighted by atomic mass is 10.1. The third-order valence-corrected chi connectivity index (χ3v) is 5.37.